The third-order valence-electron chi connectivity index (χ3n) is 3.69. The lowest BCUT2D eigenvalue weighted by atomic mass is 9.82. The van der Waals surface area contributed by atoms with Crippen LogP contribution in [0.2, 0.25) is 0 Å². The number of nitro benzene ring substituents is 1. The van der Waals surface area contributed by atoms with E-state index in [0.717, 1.165) is 0 Å². The molecule has 2 rings (SSSR count). The summed E-state index contributed by atoms with van der Waals surface area (Å²) in [6.07, 6.45) is 1.43. The molecule has 0 radical (unpaired) electrons. The molecule has 24 heavy (non-hydrogen) atoms. The van der Waals surface area contributed by atoms with Crippen LogP contribution in [0.3, 0.4) is 0 Å². The van der Waals surface area contributed by atoms with Crippen LogP contribution in [0.1, 0.15) is 18.4 Å². The van der Waals surface area contributed by atoms with Gasteiger partial charge in [0.2, 0.25) is 0 Å². The molecule has 126 valence electrons. The average Bonchev–Trinajstić information content (AvgIpc) is 2.60. The van der Waals surface area contributed by atoms with Gasteiger partial charge in [-0.2, -0.15) is 0 Å². The third-order valence-corrected chi connectivity index (χ3v) is 3.69. The maximum atomic E-state index is 12.2. The summed E-state index contributed by atoms with van der Waals surface area (Å²) in [6.45, 7) is 1.65. The Morgan fingerprint density at radius 3 is 2.46 bits per heavy atom. The number of non-ortho nitro benzene ring substituents is 1. The Kier molecular flexibility index (Phi) is 4.98. The van der Waals surface area contributed by atoms with E-state index in [1.54, 1.807) is 13.0 Å². The number of carbonyl (C=O) groups is 2. The van der Waals surface area contributed by atoms with Crippen LogP contribution in [0.25, 0.3) is 0 Å². The Morgan fingerprint density at radius 2 is 1.88 bits per heavy atom. The van der Waals surface area contributed by atoms with Crippen molar-refractivity contribution in [3.8, 4) is 0 Å². The smallest absolute Gasteiger partial charge is 0.336 e. The highest BCUT2D eigenvalue weighted by atomic mass is 16.6. The van der Waals surface area contributed by atoms with Crippen LogP contribution in [0.15, 0.2) is 47.3 Å². The van der Waals surface area contributed by atoms with Crippen molar-refractivity contribution in [2.45, 2.75) is 12.8 Å². The molecule has 0 fully saturated rings. The normalized spacial score (nSPS) is 16.8. The van der Waals surface area contributed by atoms with Gasteiger partial charge < -0.3 is 14.8 Å². The van der Waals surface area contributed by atoms with Crippen LogP contribution in [-0.4, -0.2) is 31.1 Å². The summed E-state index contributed by atoms with van der Waals surface area (Å²) in [5.74, 6) is -2.11. The summed E-state index contributed by atoms with van der Waals surface area (Å²) in [4.78, 5) is 34.8. The third kappa shape index (κ3) is 3.12. The number of nitrogens with one attached hydrogen (secondary N) is 1. The first-order valence-corrected chi connectivity index (χ1v) is 6.99. The van der Waals surface area contributed by atoms with Gasteiger partial charge in [0.05, 0.1) is 36.2 Å². The molecular weight excluding hydrogens is 316 g/mol. The molecule has 0 amide bonds. The maximum absolute atomic E-state index is 12.2. The van der Waals surface area contributed by atoms with Crippen molar-refractivity contribution in [2.75, 3.05) is 14.2 Å². The zero-order chi connectivity index (χ0) is 17.9. The van der Waals surface area contributed by atoms with Crippen molar-refractivity contribution in [1.29, 1.82) is 0 Å². The van der Waals surface area contributed by atoms with Crippen molar-refractivity contribution < 1.29 is 24.0 Å². The number of allylic oxidation sites excluding steroid dienone is 1. The van der Waals surface area contributed by atoms with Crippen LogP contribution >= 0.6 is 0 Å². The molecule has 8 nitrogen and oxygen atoms in total. The zero-order valence-electron chi connectivity index (χ0n) is 13.4. The predicted octanol–water partition coefficient (Wildman–Crippen LogP) is 1.79. The van der Waals surface area contributed by atoms with E-state index in [-0.39, 0.29) is 16.8 Å². The van der Waals surface area contributed by atoms with Crippen molar-refractivity contribution in [1.82, 2.24) is 5.32 Å². The molecule has 1 aromatic rings. The average molecular weight is 332 g/mol. The number of methoxy groups -OCH3 is 2. The van der Waals surface area contributed by atoms with Gasteiger partial charge >= 0.3 is 11.9 Å². The number of carbonyl (C=O) groups excluding carboxylic acids is 2. The van der Waals surface area contributed by atoms with Gasteiger partial charge in [-0.25, -0.2) is 9.59 Å². The van der Waals surface area contributed by atoms with Gasteiger partial charge in [0.1, 0.15) is 0 Å². The lowest BCUT2D eigenvalue weighted by Gasteiger charge is -2.27. The molecule has 8 heteroatoms. The van der Waals surface area contributed by atoms with Gasteiger partial charge in [-0.15, -0.1) is 0 Å². The number of ether oxygens (including phenoxy) is 2. The first kappa shape index (κ1) is 17.2. The van der Waals surface area contributed by atoms with Crippen LogP contribution in [0.5, 0.6) is 0 Å². The van der Waals surface area contributed by atoms with E-state index in [0.29, 0.717) is 11.3 Å². The fourth-order valence-electron chi connectivity index (χ4n) is 2.56. The van der Waals surface area contributed by atoms with Gasteiger partial charge in [0.25, 0.3) is 5.69 Å². The molecule has 1 atom stereocenters. The van der Waals surface area contributed by atoms with Crippen molar-refractivity contribution in [2.24, 2.45) is 0 Å². The quantitative estimate of drug-likeness (QED) is 0.508. The maximum Gasteiger partial charge on any atom is 0.336 e. The van der Waals surface area contributed by atoms with E-state index in [2.05, 4.69) is 5.32 Å². The number of nitro groups is 1. The number of benzene rings is 1. The molecule has 1 unspecified atom stereocenters. The highest BCUT2D eigenvalue weighted by molar-refractivity contribution is 5.99. The molecule has 0 aromatic heterocycles. The molecule has 1 aromatic carbocycles. The largest absolute Gasteiger partial charge is 0.466 e. The minimum absolute atomic E-state index is 0.142. The SMILES string of the molecule is COC(=O)C1=CNC(C)=C(C(=O)OC)C1c1cccc([N+](=O)[O-])c1. The molecule has 0 saturated heterocycles. The second-order valence-corrected chi connectivity index (χ2v) is 5.05. The van der Waals surface area contributed by atoms with E-state index in [9.17, 15) is 19.7 Å². The number of nitrogens with zero attached hydrogens (tertiary/aromatic N) is 1. The number of esters is 2. The van der Waals surface area contributed by atoms with E-state index >= 15 is 0 Å². The highest BCUT2D eigenvalue weighted by Crippen LogP contribution is 2.37. The van der Waals surface area contributed by atoms with Gasteiger partial charge in [0, 0.05) is 24.0 Å². The van der Waals surface area contributed by atoms with Crippen LogP contribution in [-0.2, 0) is 19.1 Å². The fraction of sp³-hybridized carbons (Fsp3) is 0.250. The first-order chi connectivity index (χ1) is 11.4. The Balaban J connectivity index is 2.64. The summed E-state index contributed by atoms with van der Waals surface area (Å²) in [7, 11) is 2.44. The number of hydrogen-bond donors (Lipinski definition) is 1. The van der Waals surface area contributed by atoms with Crippen molar-refractivity contribution >= 4 is 17.6 Å². The Hall–Kier alpha value is -3.16. The molecule has 0 aliphatic carbocycles. The lowest BCUT2D eigenvalue weighted by Crippen LogP contribution is -2.29. The van der Waals surface area contributed by atoms with Gasteiger partial charge in [0.15, 0.2) is 0 Å². The Labute approximate surface area is 137 Å². The standard InChI is InChI=1S/C16H16N2O6/c1-9-13(16(20)24-3)14(12(8-17-9)15(19)23-2)10-5-4-6-11(7-10)18(21)22/h4-8,14,17H,1-3H3. The second-order valence-electron chi connectivity index (χ2n) is 5.05. The van der Waals surface area contributed by atoms with Crippen LogP contribution in [0.4, 0.5) is 5.69 Å². The van der Waals surface area contributed by atoms with E-state index in [1.807, 2.05) is 0 Å². The second kappa shape index (κ2) is 6.95. The topological polar surface area (TPSA) is 108 Å². The molecular formula is C16H16N2O6. The molecule has 0 saturated carbocycles. The Bertz CT molecular complexity index is 766. The molecule has 1 aliphatic rings. The number of dihydropyridines is 1. The van der Waals surface area contributed by atoms with E-state index < -0.39 is 22.8 Å². The molecule has 1 aliphatic heterocycles. The predicted molar refractivity (Wildman–Crippen MR) is 83.8 cm³/mol. The molecule has 0 bridgehead atoms. The lowest BCUT2D eigenvalue weighted by molar-refractivity contribution is -0.384. The number of hydrogen-bond acceptors (Lipinski definition) is 7. The van der Waals surface area contributed by atoms with Gasteiger partial charge in [-0.05, 0) is 12.5 Å². The molecule has 0 spiro atoms. The highest BCUT2D eigenvalue weighted by Gasteiger charge is 2.36. The first-order valence-electron chi connectivity index (χ1n) is 6.99. The zero-order valence-corrected chi connectivity index (χ0v) is 13.4. The number of rotatable bonds is 4. The molecule has 1 heterocycles. The van der Waals surface area contributed by atoms with Crippen LogP contribution in [0, 0.1) is 10.1 Å². The fourth-order valence-corrected chi connectivity index (χ4v) is 2.56. The van der Waals surface area contributed by atoms with Crippen molar-refractivity contribution in [3.63, 3.8) is 0 Å². The summed E-state index contributed by atoms with van der Waals surface area (Å²) in [6, 6.07) is 5.76. The van der Waals surface area contributed by atoms with E-state index in [1.165, 1.54) is 38.6 Å². The minimum atomic E-state index is -0.828. The molecule has 1 N–H and O–H groups in total. The van der Waals surface area contributed by atoms with Gasteiger partial charge in [-0.1, -0.05) is 12.1 Å². The summed E-state index contributed by atoms with van der Waals surface area (Å²) in [5, 5.41) is 13.9. The summed E-state index contributed by atoms with van der Waals surface area (Å²) in [5.41, 5.74) is 1.12. The minimum Gasteiger partial charge on any atom is -0.466 e. The van der Waals surface area contributed by atoms with Crippen molar-refractivity contribution in [3.05, 3.63) is 63.0 Å². The van der Waals surface area contributed by atoms with Gasteiger partial charge in [-0.3, -0.25) is 10.1 Å². The van der Waals surface area contributed by atoms with E-state index in [4.69, 9.17) is 9.47 Å². The van der Waals surface area contributed by atoms with Crippen LogP contribution < -0.4 is 5.32 Å². The summed E-state index contributed by atoms with van der Waals surface area (Å²) >= 11 is 0. The monoisotopic (exact) mass is 332 g/mol. The summed E-state index contributed by atoms with van der Waals surface area (Å²) < 4.78 is 9.56. The Morgan fingerprint density at radius 1 is 1.21 bits per heavy atom.